The summed E-state index contributed by atoms with van der Waals surface area (Å²) in [4.78, 5) is 8.77. The zero-order valence-electron chi connectivity index (χ0n) is 16.4. The first-order chi connectivity index (χ1) is 13.6. The molecular weight excluding hydrogens is 482 g/mol. The number of aromatic nitrogens is 1. The van der Waals surface area contributed by atoms with Crippen LogP contribution in [-0.2, 0) is 6.54 Å². The van der Waals surface area contributed by atoms with Gasteiger partial charge in [-0.05, 0) is 37.1 Å². The van der Waals surface area contributed by atoms with Crippen LogP contribution in [0.3, 0.4) is 0 Å². The van der Waals surface area contributed by atoms with E-state index >= 15 is 0 Å². The van der Waals surface area contributed by atoms with Gasteiger partial charge in [-0.1, -0.05) is 35.9 Å². The third-order valence-corrected chi connectivity index (χ3v) is 4.93. The minimum absolute atomic E-state index is 0. The maximum absolute atomic E-state index is 13.9. The van der Waals surface area contributed by atoms with Crippen LogP contribution in [0.15, 0.2) is 64.2 Å². The van der Waals surface area contributed by atoms with Crippen LogP contribution in [0.5, 0.6) is 0 Å². The van der Waals surface area contributed by atoms with E-state index in [9.17, 15) is 4.39 Å². The molecular formula is C22H24FIN4O. The number of hydrogen-bond donors (Lipinski definition) is 2. The third-order valence-electron chi connectivity index (χ3n) is 4.93. The Bertz CT molecular complexity index is 986. The van der Waals surface area contributed by atoms with Gasteiger partial charge in [0.15, 0.2) is 5.96 Å². The molecule has 2 unspecified atom stereocenters. The normalized spacial score (nSPS) is 18.1. The molecule has 4 rings (SSSR count). The number of guanidine groups is 1. The number of nitrogens with zero attached hydrogens (tertiary/aromatic N) is 2. The molecule has 0 saturated heterocycles. The van der Waals surface area contributed by atoms with Crippen LogP contribution in [0.2, 0.25) is 0 Å². The maximum Gasteiger partial charge on any atom is 0.226 e. The molecule has 152 valence electrons. The van der Waals surface area contributed by atoms with Gasteiger partial charge < -0.3 is 15.1 Å². The summed E-state index contributed by atoms with van der Waals surface area (Å²) in [5.41, 5.74) is 3.69. The highest BCUT2D eigenvalue weighted by Gasteiger charge is 2.40. The maximum atomic E-state index is 13.9. The van der Waals surface area contributed by atoms with Crippen LogP contribution in [0.4, 0.5) is 4.39 Å². The molecule has 3 aromatic rings. The number of halogens is 2. The van der Waals surface area contributed by atoms with Crippen LogP contribution in [0, 0.1) is 12.7 Å². The Kier molecular flexibility index (Phi) is 6.89. The Balaban J connectivity index is 0.00000240. The fourth-order valence-corrected chi connectivity index (χ4v) is 3.24. The summed E-state index contributed by atoms with van der Waals surface area (Å²) < 4.78 is 19.5. The Hall–Kier alpha value is -2.42. The zero-order valence-corrected chi connectivity index (χ0v) is 18.7. The van der Waals surface area contributed by atoms with Gasteiger partial charge in [-0.3, -0.25) is 4.99 Å². The Morgan fingerprint density at radius 1 is 1.21 bits per heavy atom. The van der Waals surface area contributed by atoms with Gasteiger partial charge in [0.1, 0.15) is 12.1 Å². The number of aryl methyl sites for hydroxylation is 1. The number of rotatable bonds is 5. The largest absolute Gasteiger partial charge is 0.444 e. The van der Waals surface area contributed by atoms with Crippen molar-refractivity contribution in [2.75, 3.05) is 7.05 Å². The van der Waals surface area contributed by atoms with Gasteiger partial charge in [0, 0.05) is 24.6 Å². The molecule has 0 spiro atoms. The lowest BCUT2D eigenvalue weighted by Gasteiger charge is -2.11. The summed E-state index contributed by atoms with van der Waals surface area (Å²) in [6, 6.07) is 15.2. The highest BCUT2D eigenvalue weighted by molar-refractivity contribution is 14.0. The highest BCUT2D eigenvalue weighted by Crippen LogP contribution is 2.41. The van der Waals surface area contributed by atoms with Crippen molar-refractivity contribution in [2.24, 2.45) is 4.99 Å². The molecule has 1 aliphatic carbocycles. The molecule has 2 N–H and O–H groups in total. The number of hydrogen-bond acceptors (Lipinski definition) is 3. The average molecular weight is 506 g/mol. The lowest BCUT2D eigenvalue weighted by atomic mass is 10.1. The molecule has 1 saturated carbocycles. The Morgan fingerprint density at radius 3 is 2.69 bits per heavy atom. The summed E-state index contributed by atoms with van der Waals surface area (Å²) in [6.45, 7) is 2.54. The number of aliphatic imine (C=N–C) groups is 1. The van der Waals surface area contributed by atoms with Gasteiger partial charge in [-0.2, -0.15) is 0 Å². The number of nitrogens with one attached hydrogen (secondary N) is 2. The van der Waals surface area contributed by atoms with Crippen LogP contribution in [0.25, 0.3) is 11.5 Å². The zero-order chi connectivity index (χ0) is 19.5. The molecule has 2 aromatic carbocycles. The second-order valence-electron chi connectivity index (χ2n) is 7.05. The topological polar surface area (TPSA) is 62.5 Å². The smallest absolute Gasteiger partial charge is 0.226 e. The SMILES string of the molecule is CN=C(NCc1coc(-c2ccc(C)cc2)n1)NC1CC1c1ccccc1F.I. The van der Waals surface area contributed by atoms with Crippen molar-refractivity contribution in [3.63, 3.8) is 0 Å². The molecule has 1 heterocycles. The average Bonchev–Trinajstić information content (AvgIpc) is 3.30. The molecule has 1 fully saturated rings. The van der Waals surface area contributed by atoms with Crippen molar-refractivity contribution in [1.82, 2.24) is 15.6 Å². The van der Waals surface area contributed by atoms with E-state index in [1.807, 2.05) is 43.3 Å². The second kappa shape index (κ2) is 9.39. The van der Waals surface area contributed by atoms with Gasteiger partial charge in [0.05, 0.1) is 12.2 Å². The molecule has 0 bridgehead atoms. The predicted octanol–water partition coefficient (Wildman–Crippen LogP) is 4.63. The van der Waals surface area contributed by atoms with E-state index in [4.69, 9.17) is 4.42 Å². The Labute approximate surface area is 186 Å². The molecule has 2 atom stereocenters. The summed E-state index contributed by atoms with van der Waals surface area (Å²) >= 11 is 0. The van der Waals surface area contributed by atoms with E-state index in [1.165, 1.54) is 11.6 Å². The first-order valence-electron chi connectivity index (χ1n) is 9.37. The summed E-state index contributed by atoms with van der Waals surface area (Å²) in [5, 5.41) is 6.59. The lowest BCUT2D eigenvalue weighted by molar-refractivity contribution is 0.572. The minimum atomic E-state index is -0.147. The molecule has 5 nitrogen and oxygen atoms in total. The number of benzene rings is 2. The highest BCUT2D eigenvalue weighted by atomic mass is 127. The van der Waals surface area contributed by atoms with Gasteiger partial charge >= 0.3 is 0 Å². The third kappa shape index (κ3) is 5.14. The van der Waals surface area contributed by atoms with E-state index in [0.29, 0.717) is 18.4 Å². The van der Waals surface area contributed by atoms with Crippen molar-refractivity contribution in [1.29, 1.82) is 0 Å². The van der Waals surface area contributed by atoms with Gasteiger partial charge in [-0.25, -0.2) is 9.37 Å². The number of oxazole rings is 1. The molecule has 1 aliphatic rings. The van der Waals surface area contributed by atoms with Gasteiger partial charge in [0.2, 0.25) is 5.89 Å². The first kappa shape index (κ1) is 21.3. The van der Waals surface area contributed by atoms with Crippen LogP contribution < -0.4 is 10.6 Å². The first-order valence-corrected chi connectivity index (χ1v) is 9.37. The lowest BCUT2D eigenvalue weighted by Crippen LogP contribution is -2.38. The summed E-state index contributed by atoms with van der Waals surface area (Å²) in [7, 11) is 1.72. The van der Waals surface area contributed by atoms with E-state index in [-0.39, 0.29) is 41.8 Å². The van der Waals surface area contributed by atoms with Crippen LogP contribution in [-0.4, -0.2) is 24.0 Å². The van der Waals surface area contributed by atoms with Crippen molar-refractivity contribution < 1.29 is 8.81 Å². The summed E-state index contributed by atoms with van der Waals surface area (Å²) in [5.74, 6) is 1.30. The molecule has 1 aromatic heterocycles. The van der Waals surface area contributed by atoms with Crippen molar-refractivity contribution in [2.45, 2.75) is 31.8 Å². The molecule has 0 aliphatic heterocycles. The Morgan fingerprint density at radius 2 is 1.97 bits per heavy atom. The van der Waals surface area contributed by atoms with Crippen LogP contribution in [0.1, 0.15) is 29.2 Å². The van der Waals surface area contributed by atoms with Crippen molar-refractivity contribution >= 4 is 29.9 Å². The fraction of sp³-hybridized carbons (Fsp3) is 0.273. The minimum Gasteiger partial charge on any atom is -0.444 e. The molecule has 0 amide bonds. The van der Waals surface area contributed by atoms with E-state index < -0.39 is 0 Å². The molecule has 0 radical (unpaired) electrons. The van der Waals surface area contributed by atoms with Gasteiger partial charge in [-0.15, -0.1) is 24.0 Å². The fourth-order valence-electron chi connectivity index (χ4n) is 3.24. The molecule has 29 heavy (non-hydrogen) atoms. The van der Waals surface area contributed by atoms with Crippen molar-refractivity contribution in [3.05, 3.63) is 77.4 Å². The monoisotopic (exact) mass is 506 g/mol. The second-order valence-corrected chi connectivity index (χ2v) is 7.05. The van der Waals surface area contributed by atoms with Gasteiger partial charge in [0.25, 0.3) is 0 Å². The van der Waals surface area contributed by atoms with E-state index in [1.54, 1.807) is 19.4 Å². The standard InChI is InChI=1S/C22H23FN4O.HI/c1-14-7-9-15(10-8-14)21-26-16(13-28-21)12-25-22(24-2)27-20-11-18(20)17-5-3-4-6-19(17)23;/h3-10,13,18,20H,11-12H2,1-2H3,(H2,24,25,27);1H. The van der Waals surface area contributed by atoms with Crippen molar-refractivity contribution in [3.8, 4) is 11.5 Å². The van der Waals surface area contributed by atoms with E-state index in [2.05, 4.69) is 20.6 Å². The predicted molar refractivity (Wildman–Crippen MR) is 123 cm³/mol. The van der Waals surface area contributed by atoms with Crippen LogP contribution >= 0.6 is 24.0 Å². The molecule has 7 heteroatoms. The van der Waals surface area contributed by atoms with E-state index in [0.717, 1.165) is 23.2 Å². The summed E-state index contributed by atoms with van der Waals surface area (Å²) in [6.07, 6.45) is 2.54. The quantitative estimate of drug-likeness (QED) is 0.301.